The highest BCUT2D eigenvalue weighted by atomic mass is 16.5. The van der Waals surface area contributed by atoms with E-state index in [0.717, 1.165) is 18.6 Å². The Kier molecular flexibility index (Phi) is 4.81. The predicted molar refractivity (Wildman–Crippen MR) is 91.1 cm³/mol. The van der Waals surface area contributed by atoms with Gasteiger partial charge >= 0.3 is 0 Å². The van der Waals surface area contributed by atoms with Gasteiger partial charge in [0.2, 0.25) is 0 Å². The summed E-state index contributed by atoms with van der Waals surface area (Å²) in [7, 11) is 0. The number of rotatable bonds is 6. The van der Waals surface area contributed by atoms with Gasteiger partial charge in [0.05, 0.1) is 18.8 Å². The highest BCUT2D eigenvalue weighted by Crippen LogP contribution is 2.30. The zero-order chi connectivity index (χ0) is 17.1. The number of carbonyl (C=O) groups excluding carboxylic acids is 1. The first-order valence-electron chi connectivity index (χ1n) is 8.81. The first-order chi connectivity index (χ1) is 12.3. The molecule has 0 bridgehead atoms. The number of carbonyl (C=O) groups is 1. The smallest absolute Gasteiger partial charge is 0.257 e. The standard InChI is InChI=1S/C19H22N2O4/c22-19(15-11-25-21-18(15)14-4-2-1-3-5-14)20-16-12-23-9-8-17(16)24-10-13-6-7-13/h1-5,11,13,16-17H,6-10,12H2,(H,20,22)/t16-,17+/m1/s1. The molecule has 1 amide bonds. The van der Waals surface area contributed by atoms with Crippen LogP contribution < -0.4 is 5.32 Å². The van der Waals surface area contributed by atoms with Crippen molar-refractivity contribution in [2.24, 2.45) is 5.92 Å². The minimum Gasteiger partial charge on any atom is -0.379 e. The molecule has 25 heavy (non-hydrogen) atoms. The fourth-order valence-corrected chi connectivity index (χ4v) is 3.04. The minimum atomic E-state index is -0.212. The van der Waals surface area contributed by atoms with Crippen molar-refractivity contribution >= 4 is 5.91 Å². The van der Waals surface area contributed by atoms with Crippen molar-refractivity contribution in [2.45, 2.75) is 31.4 Å². The monoisotopic (exact) mass is 342 g/mol. The molecule has 0 unspecified atom stereocenters. The Labute approximate surface area is 146 Å². The fourth-order valence-electron chi connectivity index (χ4n) is 3.04. The fraction of sp³-hybridized carbons (Fsp3) is 0.474. The normalized spacial score (nSPS) is 23.4. The van der Waals surface area contributed by atoms with E-state index in [-0.39, 0.29) is 18.1 Å². The van der Waals surface area contributed by atoms with E-state index in [0.29, 0.717) is 30.4 Å². The molecule has 0 spiro atoms. The Morgan fingerprint density at radius 1 is 1.24 bits per heavy atom. The van der Waals surface area contributed by atoms with Crippen LogP contribution in [-0.2, 0) is 9.47 Å². The number of hydrogen-bond donors (Lipinski definition) is 1. The molecule has 2 aliphatic rings. The van der Waals surface area contributed by atoms with Gasteiger partial charge in [-0.25, -0.2) is 0 Å². The average Bonchev–Trinajstić information content (AvgIpc) is 3.35. The second-order valence-corrected chi connectivity index (χ2v) is 6.70. The minimum absolute atomic E-state index is 0.00154. The van der Waals surface area contributed by atoms with Crippen LogP contribution in [0.3, 0.4) is 0 Å². The lowest BCUT2D eigenvalue weighted by atomic mass is 10.0. The molecule has 1 saturated heterocycles. The maximum absolute atomic E-state index is 12.7. The molecule has 1 aromatic carbocycles. The molecule has 0 radical (unpaired) electrons. The summed E-state index contributed by atoms with van der Waals surface area (Å²) in [6.07, 6.45) is 4.69. The molecular formula is C19H22N2O4. The van der Waals surface area contributed by atoms with Gasteiger partial charge in [0.25, 0.3) is 5.91 Å². The maximum atomic E-state index is 12.7. The lowest BCUT2D eigenvalue weighted by molar-refractivity contribution is -0.0567. The highest BCUT2D eigenvalue weighted by Gasteiger charge is 2.31. The quantitative estimate of drug-likeness (QED) is 0.874. The van der Waals surface area contributed by atoms with Crippen LogP contribution in [0.1, 0.15) is 29.6 Å². The van der Waals surface area contributed by atoms with Crippen molar-refractivity contribution in [1.29, 1.82) is 0 Å². The van der Waals surface area contributed by atoms with Crippen molar-refractivity contribution < 1.29 is 18.8 Å². The zero-order valence-electron chi connectivity index (χ0n) is 14.0. The van der Waals surface area contributed by atoms with Gasteiger partial charge in [0.1, 0.15) is 17.5 Å². The third-order valence-electron chi connectivity index (χ3n) is 4.71. The van der Waals surface area contributed by atoms with Crippen molar-refractivity contribution in [3.05, 3.63) is 42.2 Å². The van der Waals surface area contributed by atoms with Gasteiger partial charge in [0, 0.05) is 18.8 Å². The third-order valence-corrected chi connectivity index (χ3v) is 4.71. The van der Waals surface area contributed by atoms with Gasteiger partial charge in [-0.3, -0.25) is 4.79 Å². The summed E-state index contributed by atoms with van der Waals surface area (Å²) in [5, 5.41) is 7.03. The second-order valence-electron chi connectivity index (χ2n) is 6.70. The van der Waals surface area contributed by atoms with Crippen molar-refractivity contribution in [1.82, 2.24) is 10.5 Å². The largest absolute Gasteiger partial charge is 0.379 e. The molecule has 4 rings (SSSR count). The topological polar surface area (TPSA) is 73.6 Å². The maximum Gasteiger partial charge on any atom is 0.257 e. The van der Waals surface area contributed by atoms with Crippen LogP contribution in [0.15, 0.2) is 41.1 Å². The highest BCUT2D eigenvalue weighted by molar-refractivity contribution is 5.99. The summed E-state index contributed by atoms with van der Waals surface area (Å²) in [5.74, 6) is 0.484. The van der Waals surface area contributed by atoms with E-state index in [4.69, 9.17) is 14.0 Å². The van der Waals surface area contributed by atoms with Gasteiger partial charge in [0.15, 0.2) is 0 Å². The van der Waals surface area contributed by atoms with Crippen LogP contribution >= 0.6 is 0 Å². The Morgan fingerprint density at radius 2 is 2.08 bits per heavy atom. The number of aromatic nitrogens is 1. The zero-order valence-corrected chi connectivity index (χ0v) is 14.0. The van der Waals surface area contributed by atoms with Crippen LogP contribution in [-0.4, -0.2) is 43.0 Å². The molecule has 132 valence electrons. The lowest BCUT2D eigenvalue weighted by Gasteiger charge is -2.32. The predicted octanol–water partition coefficient (Wildman–Crippen LogP) is 2.66. The van der Waals surface area contributed by atoms with E-state index < -0.39 is 0 Å². The van der Waals surface area contributed by atoms with E-state index in [1.54, 1.807) is 0 Å². The summed E-state index contributed by atoms with van der Waals surface area (Å²) in [4.78, 5) is 12.7. The SMILES string of the molecule is O=C(N[C@@H]1COCC[C@@H]1OCC1CC1)c1conc1-c1ccccc1. The molecule has 1 aliphatic heterocycles. The molecule has 2 fully saturated rings. The molecule has 1 N–H and O–H groups in total. The van der Waals surface area contributed by atoms with Crippen molar-refractivity contribution in [3.8, 4) is 11.3 Å². The van der Waals surface area contributed by atoms with Crippen molar-refractivity contribution in [3.63, 3.8) is 0 Å². The number of nitrogens with zero attached hydrogens (tertiary/aromatic N) is 1. The number of nitrogens with one attached hydrogen (secondary N) is 1. The number of hydrogen-bond acceptors (Lipinski definition) is 5. The number of benzene rings is 1. The molecule has 2 aromatic rings. The molecule has 1 aliphatic carbocycles. The second kappa shape index (κ2) is 7.37. The molecule has 2 atom stereocenters. The summed E-state index contributed by atoms with van der Waals surface area (Å²) in [6, 6.07) is 9.38. The molecule has 2 heterocycles. The average molecular weight is 342 g/mol. The van der Waals surface area contributed by atoms with Crippen LogP contribution in [0, 0.1) is 5.92 Å². The summed E-state index contributed by atoms with van der Waals surface area (Å²) in [5.41, 5.74) is 1.82. The summed E-state index contributed by atoms with van der Waals surface area (Å²) >= 11 is 0. The molecule has 6 nitrogen and oxygen atoms in total. The first kappa shape index (κ1) is 16.3. The Balaban J connectivity index is 1.44. The lowest BCUT2D eigenvalue weighted by Crippen LogP contribution is -2.50. The van der Waals surface area contributed by atoms with Crippen LogP contribution in [0.2, 0.25) is 0 Å². The van der Waals surface area contributed by atoms with Crippen molar-refractivity contribution in [2.75, 3.05) is 19.8 Å². The Hall–Kier alpha value is -2.18. The van der Waals surface area contributed by atoms with E-state index in [1.807, 2.05) is 30.3 Å². The Bertz CT molecular complexity index is 711. The van der Waals surface area contributed by atoms with Gasteiger partial charge < -0.3 is 19.3 Å². The van der Waals surface area contributed by atoms with E-state index in [2.05, 4.69) is 10.5 Å². The van der Waals surface area contributed by atoms with Gasteiger partial charge in [-0.1, -0.05) is 35.5 Å². The number of ether oxygens (including phenoxy) is 2. The summed E-state index contributed by atoms with van der Waals surface area (Å²) < 4.78 is 16.6. The molecule has 6 heteroatoms. The van der Waals surface area contributed by atoms with Crippen LogP contribution in [0.25, 0.3) is 11.3 Å². The van der Waals surface area contributed by atoms with E-state index in [9.17, 15) is 4.79 Å². The van der Waals surface area contributed by atoms with Crippen LogP contribution in [0.4, 0.5) is 0 Å². The summed E-state index contributed by atoms with van der Waals surface area (Å²) in [6.45, 7) is 1.91. The first-order valence-corrected chi connectivity index (χ1v) is 8.81. The Morgan fingerprint density at radius 3 is 2.88 bits per heavy atom. The molecule has 1 saturated carbocycles. The molecular weight excluding hydrogens is 320 g/mol. The number of amides is 1. The van der Waals surface area contributed by atoms with Gasteiger partial charge in [-0.05, 0) is 25.2 Å². The van der Waals surface area contributed by atoms with Crippen LogP contribution in [0.5, 0.6) is 0 Å². The van der Waals surface area contributed by atoms with Gasteiger partial charge in [-0.15, -0.1) is 0 Å². The molecule has 1 aromatic heterocycles. The van der Waals surface area contributed by atoms with Gasteiger partial charge in [-0.2, -0.15) is 0 Å². The van der Waals surface area contributed by atoms with E-state index in [1.165, 1.54) is 19.1 Å². The third kappa shape index (κ3) is 3.91. The van der Waals surface area contributed by atoms with E-state index >= 15 is 0 Å².